The van der Waals surface area contributed by atoms with E-state index in [4.69, 9.17) is 23.7 Å². The quantitative estimate of drug-likeness (QED) is 0.135. The summed E-state index contributed by atoms with van der Waals surface area (Å²) in [5.74, 6) is -0.276. The second-order valence-corrected chi connectivity index (χ2v) is 13.1. The first-order valence-electron chi connectivity index (χ1n) is 15.1. The molecule has 0 aliphatic carbocycles. The lowest BCUT2D eigenvalue weighted by atomic mass is 9.98. The molecule has 0 saturated carbocycles. The highest BCUT2D eigenvalue weighted by Gasteiger charge is 2.52. The summed E-state index contributed by atoms with van der Waals surface area (Å²) >= 11 is 0. The van der Waals surface area contributed by atoms with Crippen molar-refractivity contribution >= 4 is 9.84 Å². The Bertz CT molecular complexity index is 1530. The first kappa shape index (κ1) is 32.8. The van der Waals surface area contributed by atoms with Gasteiger partial charge in [-0.2, -0.15) is 0 Å². The van der Waals surface area contributed by atoms with E-state index in [1.54, 1.807) is 0 Å². The highest BCUT2D eigenvalue weighted by molar-refractivity contribution is 7.92. The van der Waals surface area contributed by atoms with Gasteiger partial charge in [0.1, 0.15) is 24.4 Å². The first-order chi connectivity index (χ1) is 22.0. The smallest absolute Gasteiger partial charge is 0.188 e. The van der Waals surface area contributed by atoms with Crippen LogP contribution in [0.25, 0.3) is 0 Å². The largest absolute Gasteiger partial charge is 0.374 e. The second-order valence-electron chi connectivity index (χ2n) is 10.9. The minimum Gasteiger partial charge on any atom is -0.374 e. The highest BCUT2D eigenvalue weighted by atomic mass is 32.2. The van der Waals surface area contributed by atoms with Crippen LogP contribution in [-0.4, -0.2) is 50.6 Å². The van der Waals surface area contributed by atoms with Crippen LogP contribution in [0.3, 0.4) is 0 Å². The third kappa shape index (κ3) is 9.43. The van der Waals surface area contributed by atoms with Gasteiger partial charge in [-0.15, -0.1) is 6.58 Å². The van der Waals surface area contributed by atoms with Gasteiger partial charge in [-0.3, -0.25) is 0 Å². The molecule has 1 heterocycles. The first-order valence-corrected chi connectivity index (χ1v) is 16.8. The molecule has 7 nitrogen and oxygen atoms in total. The highest BCUT2D eigenvalue weighted by Crippen LogP contribution is 2.33. The molecular formula is C37H40O7S. The minimum absolute atomic E-state index is 0.0884. The van der Waals surface area contributed by atoms with Gasteiger partial charge in [-0.1, -0.05) is 127 Å². The zero-order valence-electron chi connectivity index (χ0n) is 25.2. The molecule has 1 saturated heterocycles. The fourth-order valence-electron chi connectivity index (χ4n) is 5.30. The van der Waals surface area contributed by atoms with E-state index >= 15 is 0 Å². The van der Waals surface area contributed by atoms with E-state index < -0.39 is 39.7 Å². The molecule has 0 N–H and O–H groups in total. The van der Waals surface area contributed by atoms with E-state index in [2.05, 4.69) is 6.58 Å². The van der Waals surface area contributed by atoms with Crippen molar-refractivity contribution in [1.82, 2.24) is 0 Å². The van der Waals surface area contributed by atoms with Gasteiger partial charge >= 0.3 is 0 Å². The minimum atomic E-state index is -3.86. The lowest BCUT2D eigenvalue weighted by Crippen LogP contribution is -2.63. The van der Waals surface area contributed by atoms with Crippen LogP contribution >= 0.6 is 0 Å². The number of hydrogen-bond acceptors (Lipinski definition) is 7. The molecule has 0 radical (unpaired) electrons. The van der Waals surface area contributed by atoms with E-state index in [0.29, 0.717) is 6.61 Å². The van der Waals surface area contributed by atoms with E-state index in [1.807, 2.05) is 121 Å². The van der Waals surface area contributed by atoms with Gasteiger partial charge in [0, 0.05) is 0 Å². The fraction of sp³-hybridized carbons (Fsp3) is 0.297. The Morgan fingerprint density at radius 1 is 0.578 bits per heavy atom. The van der Waals surface area contributed by atoms with Crippen molar-refractivity contribution in [1.29, 1.82) is 0 Å². The molecule has 5 rings (SSSR count). The number of sulfone groups is 1. The van der Waals surface area contributed by atoms with Gasteiger partial charge in [-0.05, 0) is 22.3 Å². The summed E-state index contributed by atoms with van der Waals surface area (Å²) < 4.78 is 59.6. The summed E-state index contributed by atoms with van der Waals surface area (Å²) in [6.45, 7) is 4.77. The Labute approximate surface area is 266 Å². The molecule has 4 aromatic rings. The number of ether oxygens (including phenoxy) is 5. The van der Waals surface area contributed by atoms with Crippen molar-refractivity contribution in [2.24, 2.45) is 0 Å². The molecule has 0 spiro atoms. The monoisotopic (exact) mass is 628 g/mol. The zero-order valence-corrected chi connectivity index (χ0v) is 26.0. The maximum Gasteiger partial charge on any atom is 0.188 e. The molecule has 0 bridgehead atoms. The van der Waals surface area contributed by atoms with Crippen LogP contribution in [-0.2, 0) is 59.9 Å². The summed E-state index contributed by atoms with van der Waals surface area (Å²) in [6, 6.07) is 38.9. The standard InChI is InChI=1S/C37H40O7S/c1-2-23-45(38,39)37-36(43-27-32-21-13-6-14-22-32)35(42-26-31-19-11-5-12-20-31)34(41-25-30-17-9-4-10-18-30)33(44-37)28-40-24-29-15-7-3-8-16-29/h2-22,33-37H,1,23-28H2/t33-,34-,35+,36-,37?/m1/s1. The zero-order chi connectivity index (χ0) is 31.3. The third-order valence-electron chi connectivity index (χ3n) is 7.54. The molecule has 5 atom stereocenters. The molecule has 1 fully saturated rings. The molecule has 1 unspecified atom stereocenters. The SMILES string of the molecule is C=CCS(=O)(=O)C1O[C@H](COCc2ccccc2)[C@@H](OCc2ccccc2)[C@H](OCc2ccccc2)[C@H]1OCc1ccccc1. The average Bonchev–Trinajstić information content (AvgIpc) is 3.07. The summed E-state index contributed by atoms with van der Waals surface area (Å²) in [7, 11) is -3.86. The van der Waals surface area contributed by atoms with Crippen molar-refractivity contribution < 1.29 is 32.1 Å². The third-order valence-corrected chi connectivity index (χ3v) is 9.33. The Balaban J connectivity index is 1.48. The molecule has 8 heteroatoms. The van der Waals surface area contributed by atoms with Crippen LogP contribution in [0.1, 0.15) is 22.3 Å². The van der Waals surface area contributed by atoms with Gasteiger partial charge in [0.2, 0.25) is 0 Å². The fourth-order valence-corrected chi connectivity index (χ4v) is 6.77. The molecule has 1 aliphatic heterocycles. The number of rotatable bonds is 16. The topological polar surface area (TPSA) is 80.3 Å². The predicted octanol–water partition coefficient (Wildman–Crippen LogP) is 6.29. The molecule has 45 heavy (non-hydrogen) atoms. The number of hydrogen-bond donors (Lipinski definition) is 0. The normalized spacial score (nSPS) is 21.7. The van der Waals surface area contributed by atoms with Gasteiger partial charge in [0.05, 0.1) is 38.8 Å². The van der Waals surface area contributed by atoms with E-state index in [1.165, 1.54) is 6.08 Å². The van der Waals surface area contributed by atoms with Crippen molar-refractivity contribution in [3.05, 3.63) is 156 Å². The maximum absolute atomic E-state index is 13.7. The Hall–Kier alpha value is -3.63. The average molecular weight is 629 g/mol. The maximum atomic E-state index is 13.7. The lowest BCUT2D eigenvalue weighted by Gasteiger charge is -2.45. The van der Waals surface area contributed by atoms with Crippen LogP contribution in [0, 0.1) is 0 Å². The van der Waals surface area contributed by atoms with E-state index in [0.717, 1.165) is 22.3 Å². The van der Waals surface area contributed by atoms with Gasteiger partial charge < -0.3 is 23.7 Å². The second kappa shape index (κ2) is 16.6. The predicted molar refractivity (Wildman–Crippen MR) is 174 cm³/mol. The van der Waals surface area contributed by atoms with Crippen LogP contribution in [0.2, 0.25) is 0 Å². The summed E-state index contributed by atoms with van der Waals surface area (Å²) in [5, 5.41) is 0. The van der Waals surface area contributed by atoms with Gasteiger partial charge in [0.25, 0.3) is 0 Å². The molecule has 4 aromatic carbocycles. The van der Waals surface area contributed by atoms with Crippen molar-refractivity contribution in [2.45, 2.75) is 56.3 Å². The Morgan fingerprint density at radius 3 is 1.42 bits per heavy atom. The number of benzene rings is 4. The Morgan fingerprint density at radius 2 is 0.978 bits per heavy atom. The molecule has 236 valence electrons. The molecule has 0 amide bonds. The van der Waals surface area contributed by atoms with Crippen molar-refractivity contribution in [3.63, 3.8) is 0 Å². The summed E-state index contributed by atoms with van der Waals surface area (Å²) in [5.41, 5.74) is 2.46. The van der Waals surface area contributed by atoms with Crippen LogP contribution in [0.15, 0.2) is 134 Å². The van der Waals surface area contributed by atoms with Crippen molar-refractivity contribution in [3.8, 4) is 0 Å². The molecule has 0 aromatic heterocycles. The Kier molecular flexibility index (Phi) is 12.1. The van der Waals surface area contributed by atoms with Gasteiger partial charge in [0.15, 0.2) is 15.3 Å². The van der Waals surface area contributed by atoms with Gasteiger partial charge in [-0.25, -0.2) is 8.42 Å². The molecular weight excluding hydrogens is 588 g/mol. The van der Waals surface area contributed by atoms with Crippen molar-refractivity contribution in [2.75, 3.05) is 12.4 Å². The summed E-state index contributed by atoms with van der Waals surface area (Å²) in [4.78, 5) is 0. The van der Waals surface area contributed by atoms with E-state index in [9.17, 15) is 8.42 Å². The summed E-state index contributed by atoms with van der Waals surface area (Å²) in [6.07, 6.45) is -1.91. The lowest BCUT2D eigenvalue weighted by molar-refractivity contribution is -0.256. The molecule has 1 aliphatic rings. The van der Waals surface area contributed by atoms with Crippen LogP contribution < -0.4 is 0 Å². The van der Waals surface area contributed by atoms with Crippen LogP contribution in [0.4, 0.5) is 0 Å². The van der Waals surface area contributed by atoms with Crippen LogP contribution in [0.5, 0.6) is 0 Å². The van der Waals surface area contributed by atoms with E-state index in [-0.39, 0.29) is 32.2 Å².